The van der Waals surface area contributed by atoms with Crippen molar-refractivity contribution in [2.45, 2.75) is 39.3 Å². The van der Waals surface area contributed by atoms with E-state index in [2.05, 4.69) is 23.6 Å². The summed E-state index contributed by atoms with van der Waals surface area (Å²) in [5.41, 5.74) is 2.97. The van der Waals surface area contributed by atoms with E-state index >= 15 is 0 Å². The van der Waals surface area contributed by atoms with Crippen LogP contribution >= 0.6 is 0 Å². The Morgan fingerprint density at radius 3 is 2.23 bits per heavy atom. The first-order chi connectivity index (χ1) is 10.4. The molecule has 0 radical (unpaired) electrons. The van der Waals surface area contributed by atoms with E-state index in [0.29, 0.717) is 0 Å². The van der Waals surface area contributed by atoms with E-state index in [1.54, 1.807) is 0 Å². The third-order valence-corrected chi connectivity index (χ3v) is 3.92. The molecule has 116 valence electrons. The van der Waals surface area contributed by atoms with E-state index in [1.165, 1.54) is 5.56 Å². The van der Waals surface area contributed by atoms with Crippen molar-refractivity contribution >= 4 is 6.03 Å². The van der Waals surface area contributed by atoms with Crippen LogP contribution in [0.1, 0.15) is 43.5 Å². The monoisotopic (exact) mass is 296 g/mol. The van der Waals surface area contributed by atoms with E-state index in [0.717, 1.165) is 11.1 Å². The lowest BCUT2D eigenvalue weighted by Gasteiger charge is -2.28. The van der Waals surface area contributed by atoms with Gasteiger partial charge in [-0.1, -0.05) is 54.6 Å². The first kappa shape index (κ1) is 16.1. The fraction of sp³-hybridized carbons (Fsp3) is 0.316. The second-order valence-electron chi connectivity index (χ2n) is 6.17. The molecule has 22 heavy (non-hydrogen) atoms. The molecule has 0 saturated carbocycles. The summed E-state index contributed by atoms with van der Waals surface area (Å²) in [6.45, 7) is 8.05. The van der Waals surface area contributed by atoms with E-state index in [1.807, 2.05) is 69.3 Å². The molecule has 0 aliphatic carbocycles. The summed E-state index contributed by atoms with van der Waals surface area (Å²) in [5, 5.41) is 6.06. The summed E-state index contributed by atoms with van der Waals surface area (Å²) >= 11 is 0. The molecule has 0 aromatic heterocycles. The van der Waals surface area contributed by atoms with Gasteiger partial charge >= 0.3 is 6.03 Å². The van der Waals surface area contributed by atoms with Crippen LogP contribution in [-0.2, 0) is 5.54 Å². The van der Waals surface area contributed by atoms with Crippen molar-refractivity contribution in [1.29, 1.82) is 0 Å². The van der Waals surface area contributed by atoms with Crippen LogP contribution in [0.2, 0.25) is 0 Å². The van der Waals surface area contributed by atoms with Crippen molar-refractivity contribution in [1.82, 2.24) is 10.6 Å². The van der Waals surface area contributed by atoms with Crippen molar-refractivity contribution in [3.8, 4) is 0 Å². The number of aryl methyl sites for hydroxylation is 1. The Morgan fingerprint density at radius 1 is 1.00 bits per heavy atom. The van der Waals surface area contributed by atoms with Gasteiger partial charge in [-0.3, -0.25) is 0 Å². The molecule has 0 aliphatic heterocycles. The molecule has 2 N–H and O–H groups in total. The summed E-state index contributed by atoms with van der Waals surface area (Å²) < 4.78 is 0. The predicted molar refractivity (Wildman–Crippen MR) is 90.7 cm³/mol. The van der Waals surface area contributed by atoms with Crippen molar-refractivity contribution in [2.24, 2.45) is 0 Å². The van der Waals surface area contributed by atoms with Gasteiger partial charge in [-0.2, -0.15) is 0 Å². The molecular formula is C19H24N2O. The van der Waals surface area contributed by atoms with Gasteiger partial charge in [0.25, 0.3) is 0 Å². The highest BCUT2D eigenvalue weighted by molar-refractivity contribution is 5.75. The smallest absolute Gasteiger partial charge is 0.315 e. The SMILES string of the molecule is Cc1ccccc1C(C)NC(=O)NC(C)(C)c1ccccc1. The number of nitrogens with one attached hydrogen (secondary N) is 2. The van der Waals surface area contributed by atoms with Crippen molar-refractivity contribution in [2.75, 3.05) is 0 Å². The minimum Gasteiger partial charge on any atom is -0.332 e. The lowest BCUT2D eigenvalue weighted by atomic mass is 9.94. The van der Waals surface area contributed by atoms with E-state index in [-0.39, 0.29) is 12.1 Å². The van der Waals surface area contributed by atoms with Crippen LogP contribution < -0.4 is 10.6 Å². The van der Waals surface area contributed by atoms with Crippen molar-refractivity contribution in [3.05, 3.63) is 71.3 Å². The molecule has 0 saturated heterocycles. The summed E-state index contributed by atoms with van der Waals surface area (Å²) in [6.07, 6.45) is 0. The maximum Gasteiger partial charge on any atom is 0.315 e. The first-order valence-electron chi connectivity index (χ1n) is 7.60. The molecule has 0 aliphatic rings. The lowest BCUT2D eigenvalue weighted by molar-refractivity contribution is 0.227. The van der Waals surface area contributed by atoms with Gasteiger partial charge in [-0.25, -0.2) is 4.79 Å². The molecule has 3 heteroatoms. The third kappa shape index (κ3) is 3.88. The zero-order valence-electron chi connectivity index (χ0n) is 13.7. The highest BCUT2D eigenvalue weighted by atomic mass is 16.2. The zero-order chi connectivity index (χ0) is 16.2. The van der Waals surface area contributed by atoms with Gasteiger partial charge in [0.2, 0.25) is 0 Å². The standard InChI is InChI=1S/C19H24N2O/c1-14-10-8-9-13-17(14)15(2)20-18(22)21-19(3,4)16-11-6-5-7-12-16/h5-13,15H,1-4H3,(H2,20,21,22). The van der Waals surface area contributed by atoms with E-state index in [4.69, 9.17) is 0 Å². The summed E-state index contributed by atoms with van der Waals surface area (Å²) in [5.74, 6) is 0. The quantitative estimate of drug-likeness (QED) is 0.868. The van der Waals surface area contributed by atoms with Gasteiger partial charge < -0.3 is 10.6 Å². The van der Waals surface area contributed by atoms with Crippen molar-refractivity contribution in [3.63, 3.8) is 0 Å². The molecule has 2 rings (SSSR count). The molecule has 0 spiro atoms. The molecule has 0 fully saturated rings. The fourth-order valence-corrected chi connectivity index (χ4v) is 2.59. The first-order valence-corrected chi connectivity index (χ1v) is 7.60. The normalized spacial score (nSPS) is 12.5. The van der Waals surface area contributed by atoms with Crippen LogP contribution in [-0.4, -0.2) is 6.03 Å². The Labute approximate surface area is 132 Å². The second-order valence-corrected chi connectivity index (χ2v) is 6.17. The Balaban J connectivity index is 2.03. The van der Waals surface area contributed by atoms with Crippen LogP contribution in [0.15, 0.2) is 54.6 Å². The van der Waals surface area contributed by atoms with Gasteiger partial charge in [-0.05, 0) is 44.4 Å². The average Bonchev–Trinajstić information content (AvgIpc) is 2.47. The zero-order valence-corrected chi connectivity index (χ0v) is 13.7. The lowest BCUT2D eigenvalue weighted by Crippen LogP contribution is -2.47. The molecule has 1 unspecified atom stereocenters. The number of benzene rings is 2. The Morgan fingerprint density at radius 2 is 1.59 bits per heavy atom. The van der Waals surface area contributed by atoms with Crippen molar-refractivity contribution < 1.29 is 4.79 Å². The Bertz CT molecular complexity index is 635. The fourth-order valence-electron chi connectivity index (χ4n) is 2.59. The van der Waals surface area contributed by atoms with Crippen LogP contribution in [0.5, 0.6) is 0 Å². The summed E-state index contributed by atoms with van der Waals surface area (Å²) in [7, 11) is 0. The van der Waals surface area contributed by atoms with Gasteiger partial charge in [-0.15, -0.1) is 0 Å². The molecule has 1 atom stereocenters. The number of hydrogen-bond acceptors (Lipinski definition) is 1. The van der Waals surface area contributed by atoms with Gasteiger partial charge in [0.1, 0.15) is 0 Å². The topological polar surface area (TPSA) is 41.1 Å². The molecule has 0 heterocycles. The molecule has 2 amide bonds. The molecule has 0 bridgehead atoms. The minimum atomic E-state index is -0.420. The van der Waals surface area contributed by atoms with E-state index < -0.39 is 5.54 Å². The summed E-state index contributed by atoms with van der Waals surface area (Å²) in [4.78, 5) is 12.3. The highest BCUT2D eigenvalue weighted by Crippen LogP contribution is 2.20. The van der Waals surface area contributed by atoms with Gasteiger partial charge in [0.15, 0.2) is 0 Å². The number of carbonyl (C=O) groups excluding carboxylic acids is 1. The number of hydrogen-bond donors (Lipinski definition) is 2. The van der Waals surface area contributed by atoms with Crippen LogP contribution in [0.3, 0.4) is 0 Å². The van der Waals surface area contributed by atoms with Crippen LogP contribution in [0.4, 0.5) is 4.79 Å². The molecular weight excluding hydrogens is 272 g/mol. The number of urea groups is 1. The molecule has 2 aromatic carbocycles. The molecule has 2 aromatic rings. The van der Waals surface area contributed by atoms with Crippen LogP contribution in [0, 0.1) is 6.92 Å². The maximum absolute atomic E-state index is 12.3. The van der Waals surface area contributed by atoms with Crippen LogP contribution in [0.25, 0.3) is 0 Å². The maximum atomic E-state index is 12.3. The highest BCUT2D eigenvalue weighted by Gasteiger charge is 2.23. The predicted octanol–water partition coefficient (Wildman–Crippen LogP) is 4.29. The van der Waals surface area contributed by atoms with Gasteiger partial charge in [0.05, 0.1) is 11.6 Å². The Hall–Kier alpha value is -2.29. The average molecular weight is 296 g/mol. The Kier molecular flexibility index (Phi) is 4.86. The number of amides is 2. The molecule has 3 nitrogen and oxygen atoms in total. The van der Waals surface area contributed by atoms with E-state index in [9.17, 15) is 4.79 Å². The largest absolute Gasteiger partial charge is 0.332 e. The number of rotatable bonds is 4. The third-order valence-electron chi connectivity index (χ3n) is 3.92. The minimum absolute atomic E-state index is 0.0345. The second kappa shape index (κ2) is 6.65. The summed E-state index contributed by atoms with van der Waals surface area (Å²) in [6, 6.07) is 17.9. The van der Waals surface area contributed by atoms with Gasteiger partial charge in [0, 0.05) is 0 Å². The number of carbonyl (C=O) groups is 1.